The third kappa shape index (κ3) is 3.77. The molecule has 2 saturated heterocycles. The first-order chi connectivity index (χ1) is 12.2. The highest BCUT2D eigenvalue weighted by molar-refractivity contribution is 7.08. The maximum atomic E-state index is 12.5. The van der Waals surface area contributed by atoms with Crippen LogP contribution in [0, 0.1) is 5.41 Å². The summed E-state index contributed by atoms with van der Waals surface area (Å²) in [6.07, 6.45) is 8.63. The van der Waals surface area contributed by atoms with Gasteiger partial charge in [0.05, 0.1) is 5.56 Å². The van der Waals surface area contributed by atoms with E-state index in [-0.39, 0.29) is 5.91 Å². The molecule has 0 saturated carbocycles. The molecule has 0 aliphatic carbocycles. The first-order valence-corrected chi connectivity index (χ1v) is 10.1. The summed E-state index contributed by atoms with van der Waals surface area (Å²) in [5.74, 6) is 0.213. The highest BCUT2D eigenvalue weighted by Crippen LogP contribution is 2.41. The quantitative estimate of drug-likeness (QED) is 0.843. The molecule has 1 spiro atoms. The number of nitrogens with zero attached hydrogens (tertiary/aromatic N) is 3. The smallest absolute Gasteiger partial charge is 0.254 e. The first kappa shape index (κ1) is 16.7. The molecule has 2 aliphatic rings. The highest BCUT2D eigenvalue weighted by Gasteiger charge is 2.38. The van der Waals surface area contributed by atoms with Crippen molar-refractivity contribution in [2.75, 3.05) is 26.2 Å². The summed E-state index contributed by atoms with van der Waals surface area (Å²) in [4.78, 5) is 21.3. The van der Waals surface area contributed by atoms with Crippen molar-refractivity contribution in [2.45, 2.75) is 32.2 Å². The monoisotopic (exact) mass is 355 g/mol. The van der Waals surface area contributed by atoms with Crippen molar-refractivity contribution in [3.63, 3.8) is 0 Å². The van der Waals surface area contributed by atoms with Crippen molar-refractivity contribution in [2.24, 2.45) is 5.41 Å². The summed E-state index contributed by atoms with van der Waals surface area (Å²) in [7, 11) is 0. The summed E-state index contributed by atoms with van der Waals surface area (Å²) >= 11 is 1.60. The van der Waals surface area contributed by atoms with E-state index in [9.17, 15) is 4.79 Å². The van der Waals surface area contributed by atoms with Crippen molar-refractivity contribution >= 4 is 17.2 Å². The van der Waals surface area contributed by atoms with Crippen LogP contribution in [0.25, 0.3) is 0 Å². The average molecular weight is 356 g/mol. The molecule has 0 radical (unpaired) electrons. The van der Waals surface area contributed by atoms with Crippen LogP contribution in [0.3, 0.4) is 0 Å². The molecule has 2 aromatic rings. The zero-order chi connectivity index (χ0) is 17.1. The Kier molecular flexibility index (Phi) is 4.86. The summed E-state index contributed by atoms with van der Waals surface area (Å²) in [5, 5.41) is 3.94. The molecule has 0 atom stereocenters. The van der Waals surface area contributed by atoms with Crippen LogP contribution in [0.1, 0.15) is 41.6 Å². The minimum atomic E-state index is 0.213. The van der Waals surface area contributed by atoms with Crippen molar-refractivity contribution in [3.05, 3.63) is 52.5 Å². The van der Waals surface area contributed by atoms with E-state index in [0.717, 1.165) is 51.1 Å². The predicted molar refractivity (Wildman–Crippen MR) is 101 cm³/mol. The Balaban J connectivity index is 1.29. The number of carbonyl (C=O) groups excluding carboxylic acids is 1. The van der Waals surface area contributed by atoms with Gasteiger partial charge in [-0.05, 0) is 67.3 Å². The summed E-state index contributed by atoms with van der Waals surface area (Å²) < 4.78 is 0. The van der Waals surface area contributed by atoms with Crippen LogP contribution in [0.15, 0.2) is 41.4 Å². The molecule has 2 aromatic heterocycles. The lowest BCUT2D eigenvalue weighted by Gasteiger charge is -2.47. The fourth-order valence-corrected chi connectivity index (χ4v) is 4.82. The fraction of sp³-hybridized carbons (Fsp3) is 0.500. The predicted octanol–water partition coefficient (Wildman–Crippen LogP) is 3.66. The van der Waals surface area contributed by atoms with Crippen molar-refractivity contribution in [1.82, 2.24) is 14.8 Å². The van der Waals surface area contributed by atoms with Crippen LogP contribution in [0.5, 0.6) is 0 Å². The van der Waals surface area contributed by atoms with E-state index in [4.69, 9.17) is 0 Å². The molecule has 4 nitrogen and oxygen atoms in total. The number of hydrogen-bond acceptors (Lipinski definition) is 4. The molecule has 0 bridgehead atoms. The third-order valence-electron chi connectivity index (χ3n) is 5.93. The molecule has 2 fully saturated rings. The van der Waals surface area contributed by atoms with Gasteiger partial charge in [-0.15, -0.1) is 0 Å². The fourth-order valence-electron chi connectivity index (χ4n) is 4.19. The molecular weight excluding hydrogens is 330 g/mol. The van der Waals surface area contributed by atoms with Crippen molar-refractivity contribution in [1.29, 1.82) is 0 Å². The molecule has 5 heteroatoms. The van der Waals surface area contributed by atoms with E-state index >= 15 is 0 Å². The van der Waals surface area contributed by atoms with E-state index < -0.39 is 0 Å². The SMILES string of the molecule is O=C(c1ccsc1)N1CCC2(CCN(Cc3cccnc3)CC2)CC1. The molecule has 1 amide bonds. The maximum Gasteiger partial charge on any atom is 0.254 e. The van der Waals surface area contributed by atoms with Gasteiger partial charge in [0.1, 0.15) is 0 Å². The van der Waals surface area contributed by atoms with Gasteiger partial charge in [-0.25, -0.2) is 0 Å². The maximum absolute atomic E-state index is 12.5. The zero-order valence-corrected chi connectivity index (χ0v) is 15.4. The molecule has 132 valence electrons. The molecule has 0 aromatic carbocycles. The molecule has 2 aliphatic heterocycles. The highest BCUT2D eigenvalue weighted by atomic mass is 32.1. The van der Waals surface area contributed by atoms with Crippen LogP contribution in [-0.2, 0) is 6.54 Å². The normalized spacial score (nSPS) is 20.7. The van der Waals surface area contributed by atoms with E-state index in [2.05, 4.69) is 20.9 Å². The van der Waals surface area contributed by atoms with E-state index in [1.807, 2.05) is 35.3 Å². The Bertz CT molecular complexity index is 683. The molecule has 0 N–H and O–H groups in total. The number of rotatable bonds is 3. The molecule has 4 heterocycles. The largest absolute Gasteiger partial charge is 0.339 e. The number of piperidine rings is 2. The van der Waals surface area contributed by atoms with Crippen molar-refractivity contribution in [3.8, 4) is 0 Å². The second-order valence-corrected chi connectivity index (χ2v) is 8.22. The van der Waals surface area contributed by atoms with Gasteiger partial charge in [-0.1, -0.05) is 6.07 Å². The average Bonchev–Trinajstić information content (AvgIpc) is 3.20. The van der Waals surface area contributed by atoms with E-state index in [1.54, 1.807) is 11.3 Å². The number of amides is 1. The minimum absolute atomic E-state index is 0.213. The number of aromatic nitrogens is 1. The zero-order valence-electron chi connectivity index (χ0n) is 14.6. The van der Waals surface area contributed by atoms with Gasteiger partial charge in [0.25, 0.3) is 5.91 Å². The Morgan fingerprint density at radius 3 is 2.52 bits per heavy atom. The lowest BCUT2D eigenvalue weighted by molar-refractivity contribution is 0.0285. The Morgan fingerprint density at radius 1 is 1.12 bits per heavy atom. The topological polar surface area (TPSA) is 36.4 Å². The second kappa shape index (κ2) is 7.26. The number of carbonyl (C=O) groups is 1. The Morgan fingerprint density at radius 2 is 1.88 bits per heavy atom. The van der Waals surface area contributed by atoms with Crippen LogP contribution >= 0.6 is 11.3 Å². The standard InChI is InChI=1S/C20H25N3OS/c24-19(18-3-13-25-16-18)23-11-6-20(7-12-23)4-9-22(10-5-20)15-17-2-1-8-21-14-17/h1-3,8,13-14,16H,4-7,9-12,15H2. The van der Waals surface area contributed by atoms with Gasteiger partial charge in [0, 0.05) is 37.4 Å². The van der Waals surface area contributed by atoms with Gasteiger partial charge < -0.3 is 4.90 Å². The van der Waals surface area contributed by atoms with Crippen LogP contribution in [-0.4, -0.2) is 46.9 Å². The van der Waals surface area contributed by atoms with Gasteiger partial charge in [0.15, 0.2) is 0 Å². The minimum Gasteiger partial charge on any atom is -0.339 e. The van der Waals surface area contributed by atoms with E-state index in [1.165, 1.54) is 18.4 Å². The van der Waals surface area contributed by atoms with Gasteiger partial charge in [-0.3, -0.25) is 14.7 Å². The number of pyridine rings is 1. The lowest BCUT2D eigenvalue weighted by atomic mass is 9.71. The summed E-state index contributed by atoms with van der Waals surface area (Å²) in [6, 6.07) is 6.11. The molecule has 0 unspecified atom stereocenters. The van der Waals surface area contributed by atoms with E-state index in [0.29, 0.717) is 5.41 Å². The van der Waals surface area contributed by atoms with Crippen LogP contribution < -0.4 is 0 Å². The van der Waals surface area contributed by atoms with Gasteiger partial charge in [0.2, 0.25) is 0 Å². The van der Waals surface area contributed by atoms with Crippen molar-refractivity contribution < 1.29 is 4.79 Å². The molecule has 4 rings (SSSR count). The molecular formula is C20H25N3OS. The van der Waals surface area contributed by atoms with Crippen LogP contribution in [0.2, 0.25) is 0 Å². The second-order valence-electron chi connectivity index (χ2n) is 7.44. The third-order valence-corrected chi connectivity index (χ3v) is 6.61. The Labute approximate surface area is 153 Å². The number of likely N-dealkylation sites (tertiary alicyclic amines) is 2. The van der Waals surface area contributed by atoms with Gasteiger partial charge >= 0.3 is 0 Å². The molecule has 25 heavy (non-hydrogen) atoms. The number of thiophene rings is 1. The summed E-state index contributed by atoms with van der Waals surface area (Å²) in [6.45, 7) is 5.15. The summed E-state index contributed by atoms with van der Waals surface area (Å²) in [5.41, 5.74) is 2.61. The number of hydrogen-bond donors (Lipinski definition) is 0. The van der Waals surface area contributed by atoms with Gasteiger partial charge in [-0.2, -0.15) is 11.3 Å². The van der Waals surface area contributed by atoms with Crippen LogP contribution in [0.4, 0.5) is 0 Å². The first-order valence-electron chi connectivity index (χ1n) is 9.17. The Hall–Kier alpha value is -1.72. The lowest BCUT2D eigenvalue weighted by Crippen LogP contribution is -2.48.